The van der Waals surface area contributed by atoms with Crippen LogP contribution in [-0.4, -0.2) is 20.5 Å². The van der Waals surface area contributed by atoms with Crippen LogP contribution in [-0.2, 0) is 6.61 Å². The van der Waals surface area contributed by atoms with Gasteiger partial charge in [0.25, 0.3) is 0 Å². The monoisotopic (exact) mass is 272 g/mol. The molecule has 0 atom stereocenters. The molecule has 0 aromatic heterocycles. The fourth-order valence-electron chi connectivity index (χ4n) is 1.80. The average molecular weight is 272 g/mol. The molecule has 4 heteroatoms. The summed E-state index contributed by atoms with van der Waals surface area (Å²) in [6, 6.07) is 12.7. The molecule has 0 aliphatic carbocycles. The number of hydrogen-bond donors (Lipinski definition) is 0. The molecule has 0 aliphatic heterocycles. The van der Waals surface area contributed by atoms with Gasteiger partial charge in [-0.15, -0.1) is 0 Å². The molecule has 104 valence electrons. The first kappa shape index (κ1) is 13.9. The van der Waals surface area contributed by atoms with Gasteiger partial charge in [0.15, 0.2) is 6.29 Å². The Morgan fingerprint density at radius 1 is 1.00 bits per heavy atom. The lowest BCUT2D eigenvalue weighted by atomic mass is 10.2. The number of carbonyl (C=O) groups excluding carboxylic acids is 1. The minimum absolute atomic E-state index is 0.365. The van der Waals surface area contributed by atoms with Crippen LogP contribution < -0.4 is 14.2 Å². The van der Waals surface area contributed by atoms with Crippen molar-refractivity contribution in [3.8, 4) is 17.2 Å². The molecule has 0 fully saturated rings. The molecule has 0 saturated heterocycles. The number of hydrogen-bond acceptors (Lipinski definition) is 4. The molecule has 0 bridgehead atoms. The minimum Gasteiger partial charge on any atom is -0.497 e. The van der Waals surface area contributed by atoms with Crippen molar-refractivity contribution in [1.82, 2.24) is 0 Å². The second-order valence-electron chi connectivity index (χ2n) is 4.16. The summed E-state index contributed by atoms with van der Waals surface area (Å²) in [5.41, 5.74) is 1.43. The normalized spacial score (nSPS) is 9.90. The van der Waals surface area contributed by atoms with Crippen molar-refractivity contribution in [2.45, 2.75) is 6.61 Å². The smallest absolute Gasteiger partial charge is 0.153 e. The first-order valence-corrected chi connectivity index (χ1v) is 6.15. The van der Waals surface area contributed by atoms with Crippen LogP contribution in [0.5, 0.6) is 17.2 Å². The molecule has 4 nitrogen and oxygen atoms in total. The zero-order chi connectivity index (χ0) is 14.4. The zero-order valence-corrected chi connectivity index (χ0v) is 11.5. The first-order chi connectivity index (χ1) is 9.76. The topological polar surface area (TPSA) is 44.8 Å². The van der Waals surface area contributed by atoms with Crippen LogP contribution in [0.4, 0.5) is 0 Å². The Labute approximate surface area is 117 Å². The molecule has 0 spiro atoms. The number of rotatable bonds is 6. The lowest BCUT2D eigenvalue weighted by Gasteiger charge is -2.10. The van der Waals surface area contributed by atoms with Crippen LogP contribution in [0.3, 0.4) is 0 Å². The van der Waals surface area contributed by atoms with Crippen molar-refractivity contribution < 1.29 is 19.0 Å². The molecule has 0 amide bonds. The fourth-order valence-corrected chi connectivity index (χ4v) is 1.80. The van der Waals surface area contributed by atoms with E-state index in [0.29, 0.717) is 23.7 Å². The van der Waals surface area contributed by atoms with Gasteiger partial charge >= 0.3 is 0 Å². The number of methoxy groups -OCH3 is 2. The fraction of sp³-hybridized carbons (Fsp3) is 0.188. The largest absolute Gasteiger partial charge is 0.497 e. The van der Waals surface area contributed by atoms with E-state index >= 15 is 0 Å². The van der Waals surface area contributed by atoms with Gasteiger partial charge in [-0.1, -0.05) is 12.1 Å². The Kier molecular flexibility index (Phi) is 4.60. The van der Waals surface area contributed by atoms with Gasteiger partial charge < -0.3 is 14.2 Å². The summed E-state index contributed by atoms with van der Waals surface area (Å²) < 4.78 is 15.9. The van der Waals surface area contributed by atoms with Gasteiger partial charge in [-0.25, -0.2) is 0 Å². The lowest BCUT2D eigenvalue weighted by Crippen LogP contribution is -1.99. The van der Waals surface area contributed by atoms with Crippen LogP contribution in [0.15, 0.2) is 42.5 Å². The Hall–Kier alpha value is -2.49. The highest BCUT2D eigenvalue weighted by Gasteiger charge is 2.05. The molecular formula is C16H16O4. The maximum Gasteiger partial charge on any atom is 0.153 e. The van der Waals surface area contributed by atoms with Crippen LogP contribution in [0.25, 0.3) is 0 Å². The van der Waals surface area contributed by atoms with E-state index in [1.807, 2.05) is 24.3 Å². The first-order valence-electron chi connectivity index (χ1n) is 6.15. The zero-order valence-electron chi connectivity index (χ0n) is 11.5. The molecule has 0 saturated carbocycles. The van der Waals surface area contributed by atoms with Crippen molar-refractivity contribution in [2.24, 2.45) is 0 Å². The van der Waals surface area contributed by atoms with E-state index in [-0.39, 0.29) is 0 Å². The van der Waals surface area contributed by atoms with Gasteiger partial charge in [0.05, 0.1) is 19.8 Å². The predicted octanol–water partition coefficient (Wildman–Crippen LogP) is 3.10. The highest BCUT2D eigenvalue weighted by Crippen LogP contribution is 2.24. The second kappa shape index (κ2) is 6.61. The summed E-state index contributed by atoms with van der Waals surface area (Å²) in [5, 5.41) is 0. The summed E-state index contributed by atoms with van der Waals surface area (Å²) in [4.78, 5) is 11.1. The highest BCUT2D eigenvalue weighted by atomic mass is 16.5. The average Bonchev–Trinajstić information content (AvgIpc) is 2.52. The van der Waals surface area contributed by atoms with Gasteiger partial charge in [-0.2, -0.15) is 0 Å². The van der Waals surface area contributed by atoms with Crippen molar-refractivity contribution in [2.75, 3.05) is 14.2 Å². The molecule has 0 radical (unpaired) electrons. The van der Waals surface area contributed by atoms with E-state index in [1.54, 1.807) is 32.4 Å². The van der Waals surface area contributed by atoms with E-state index in [9.17, 15) is 4.79 Å². The van der Waals surface area contributed by atoms with Crippen molar-refractivity contribution in [3.63, 3.8) is 0 Å². The van der Waals surface area contributed by atoms with Crippen LogP contribution >= 0.6 is 0 Å². The third kappa shape index (κ3) is 3.29. The molecule has 2 aromatic carbocycles. The molecule has 0 N–H and O–H groups in total. The third-order valence-corrected chi connectivity index (χ3v) is 2.87. The second-order valence-corrected chi connectivity index (χ2v) is 4.16. The summed E-state index contributed by atoms with van der Waals surface area (Å²) >= 11 is 0. The van der Waals surface area contributed by atoms with Gasteiger partial charge in [0.2, 0.25) is 0 Å². The molecule has 0 unspecified atom stereocenters. The highest BCUT2D eigenvalue weighted by molar-refractivity contribution is 5.80. The van der Waals surface area contributed by atoms with Gasteiger partial charge in [0, 0.05) is 0 Å². The molecule has 0 heterocycles. The van der Waals surface area contributed by atoms with Crippen molar-refractivity contribution in [3.05, 3.63) is 53.6 Å². The van der Waals surface area contributed by atoms with E-state index in [2.05, 4.69) is 0 Å². The number of carbonyl (C=O) groups is 1. The van der Waals surface area contributed by atoms with Crippen molar-refractivity contribution >= 4 is 6.29 Å². The lowest BCUT2D eigenvalue weighted by molar-refractivity contribution is 0.111. The van der Waals surface area contributed by atoms with Crippen LogP contribution in [0, 0.1) is 0 Å². The number of ether oxygens (including phenoxy) is 3. The summed E-state index contributed by atoms with van der Waals surface area (Å²) in [7, 11) is 3.18. The summed E-state index contributed by atoms with van der Waals surface area (Å²) in [5.74, 6) is 1.93. The Morgan fingerprint density at radius 2 is 1.75 bits per heavy atom. The van der Waals surface area contributed by atoms with Crippen molar-refractivity contribution in [1.29, 1.82) is 0 Å². The number of aldehydes is 1. The predicted molar refractivity (Wildman–Crippen MR) is 75.7 cm³/mol. The molecule has 0 aliphatic rings. The summed E-state index contributed by atoms with van der Waals surface area (Å²) in [6.45, 7) is 0.365. The maximum absolute atomic E-state index is 11.1. The molecular weight excluding hydrogens is 256 g/mol. The quantitative estimate of drug-likeness (QED) is 0.758. The third-order valence-electron chi connectivity index (χ3n) is 2.87. The van der Waals surface area contributed by atoms with Crippen LogP contribution in [0.2, 0.25) is 0 Å². The molecule has 20 heavy (non-hydrogen) atoms. The molecule has 2 rings (SSSR count). The maximum atomic E-state index is 11.1. The SMILES string of the molecule is COc1cccc(COc2ccc(OC)cc2C=O)c1. The van der Waals surface area contributed by atoms with E-state index in [1.165, 1.54) is 0 Å². The molecule has 2 aromatic rings. The number of benzene rings is 2. The Morgan fingerprint density at radius 3 is 2.45 bits per heavy atom. The van der Waals surface area contributed by atoms with Gasteiger partial charge in [-0.05, 0) is 35.9 Å². The Balaban J connectivity index is 2.11. The van der Waals surface area contributed by atoms with E-state index in [4.69, 9.17) is 14.2 Å². The van der Waals surface area contributed by atoms with Gasteiger partial charge in [0.1, 0.15) is 23.9 Å². The van der Waals surface area contributed by atoms with E-state index in [0.717, 1.165) is 17.6 Å². The van der Waals surface area contributed by atoms with Crippen LogP contribution in [0.1, 0.15) is 15.9 Å². The minimum atomic E-state index is 0.365. The van der Waals surface area contributed by atoms with E-state index < -0.39 is 0 Å². The standard InChI is InChI=1S/C16H16O4/c1-18-14-5-3-4-12(8-14)11-20-16-7-6-15(19-2)9-13(16)10-17/h3-10H,11H2,1-2H3. The summed E-state index contributed by atoms with van der Waals surface area (Å²) in [6.07, 6.45) is 0.753. The Bertz CT molecular complexity index is 593. The van der Waals surface area contributed by atoms with Gasteiger partial charge in [-0.3, -0.25) is 4.79 Å².